The Morgan fingerprint density at radius 2 is 2.00 bits per heavy atom. The molecule has 0 aromatic heterocycles. The van der Waals surface area contributed by atoms with Crippen molar-refractivity contribution in [3.8, 4) is 0 Å². The van der Waals surface area contributed by atoms with Crippen molar-refractivity contribution in [2.45, 2.75) is 57.7 Å². The number of halogens is 2. The summed E-state index contributed by atoms with van der Waals surface area (Å²) in [7, 11) is 0. The molecule has 0 amide bonds. The summed E-state index contributed by atoms with van der Waals surface area (Å²) in [6.07, 6.45) is 5.45. The van der Waals surface area contributed by atoms with E-state index in [4.69, 9.17) is 17.3 Å². The van der Waals surface area contributed by atoms with Crippen molar-refractivity contribution in [3.63, 3.8) is 0 Å². The summed E-state index contributed by atoms with van der Waals surface area (Å²) in [6, 6.07) is 5.67. The monoisotopic (exact) mass is 298 g/mol. The maximum absolute atomic E-state index is 13.9. The third kappa shape index (κ3) is 4.18. The van der Waals surface area contributed by atoms with Crippen LogP contribution in [-0.4, -0.2) is 23.5 Å². The van der Waals surface area contributed by atoms with Gasteiger partial charge in [-0.25, -0.2) is 4.39 Å². The molecule has 2 N–H and O–H groups in total. The van der Waals surface area contributed by atoms with Crippen LogP contribution in [0.25, 0.3) is 0 Å². The fourth-order valence-corrected chi connectivity index (χ4v) is 3.22. The van der Waals surface area contributed by atoms with Gasteiger partial charge in [-0.15, -0.1) is 0 Å². The highest BCUT2D eigenvalue weighted by molar-refractivity contribution is 6.30. The molecule has 1 fully saturated rings. The normalized spacial score (nSPS) is 23.2. The molecule has 0 saturated heterocycles. The lowest BCUT2D eigenvalue weighted by Crippen LogP contribution is -2.41. The number of hydrogen-bond donors (Lipinski definition) is 1. The molecular weight excluding hydrogens is 275 g/mol. The minimum absolute atomic E-state index is 0.164. The van der Waals surface area contributed by atoms with E-state index in [0.717, 1.165) is 38.6 Å². The minimum Gasteiger partial charge on any atom is -0.328 e. The van der Waals surface area contributed by atoms with E-state index in [1.165, 1.54) is 6.07 Å². The zero-order chi connectivity index (χ0) is 14.5. The summed E-state index contributed by atoms with van der Waals surface area (Å²) in [5.41, 5.74) is 6.67. The molecule has 1 aliphatic rings. The van der Waals surface area contributed by atoms with Crippen LogP contribution < -0.4 is 5.73 Å². The predicted molar refractivity (Wildman–Crippen MR) is 82.3 cm³/mol. The van der Waals surface area contributed by atoms with Gasteiger partial charge in [0.2, 0.25) is 0 Å². The lowest BCUT2D eigenvalue weighted by atomic mass is 9.90. The van der Waals surface area contributed by atoms with E-state index in [9.17, 15) is 4.39 Å². The molecule has 0 aliphatic heterocycles. The summed E-state index contributed by atoms with van der Waals surface area (Å²) in [4.78, 5) is 2.39. The van der Waals surface area contributed by atoms with Gasteiger partial charge in [-0.2, -0.15) is 0 Å². The fraction of sp³-hybridized carbons (Fsp3) is 0.625. The second-order valence-electron chi connectivity index (χ2n) is 5.77. The molecule has 0 spiro atoms. The first-order valence-corrected chi connectivity index (χ1v) is 7.91. The fourth-order valence-electron chi connectivity index (χ4n) is 3.03. The molecule has 1 aliphatic carbocycles. The van der Waals surface area contributed by atoms with E-state index < -0.39 is 0 Å². The van der Waals surface area contributed by atoms with E-state index in [1.807, 2.05) is 0 Å². The quantitative estimate of drug-likeness (QED) is 0.891. The van der Waals surface area contributed by atoms with Gasteiger partial charge in [0.1, 0.15) is 5.82 Å². The highest BCUT2D eigenvalue weighted by Gasteiger charge is 2.24. The van der Waals surface area contributed by atoms with E-state index >= 15 is 0 Å². The van der Waals surface area contributed by atoms with Crippen LogP contribution in [-0.2, 0) is 6.54 Å². The third-order valence-corrected chi connectivity index (χ3v) is 4.38. The van der Waals surface area contributed by atoms with Gasteiger partial charge in [-0.3, -0.25) is 4.90 Å². The molecule has 0 radical (unpaired) electrons. The molecular formula is C16H24ClFN2. The first kappa shape index (κ1) is 15.7. The van der Waals surface area contributed by atoms with Gasteiger partial charge in [-0.05, 0) is 56.8 Å². The Bertz CT molecular complexity index is 430. The van der Waals surface area contributed by atoms with Crippen molar-refractivity contribution < 1.29 is 4.39 Å². The van der Waals surface area contributed by atoms with Crippen LogP contribution in [0.2, 0.25) is 5.02 Å². The molecule has 0 heterocycles. The van der Waals surface area contributed by atoms with Crippen molar-refractivity contribution in [2.24, 2.45) is 5.73 Å². The standard InChI is InChI=1S/C16H24ClFN2/c1-2-9-20(15-6-4-14(19)5-7-15)11-12-10-13(17)3-8-16(12)18/h3,8,10,14-15H,2,4-7,9,11,19H2,1H3. The number of benzene rings is 1. The molecule has 1 aromatic rings. The topological polar surface area (TPSA) is 29.3 Å². The van der Waals surface area contributed by atoms with Crippen molar-refractivity contribution in [3.05, 3.63) is 34.6 Å². The lowest BCUT2D eigenvalue weighted by molar-refractivity contribution is 0.140. The Morgan fingerprint density at radius 3 is 2.65 bits per heavy atom. The number of rotatable bonds is 5. The second kappa shape index (κ2) is 7.39. The highest BCUT2D eigenvalue weighted by Crippen LogP contribution is 2.25. The SMILES string of the molecule is CCCN(Cc1cc(Cl)ccc1F)C1CCC(N)CC1. The van der Waals surface area contributed by atoms with Gasteiger partial charge >= 0.3 is 0 Å². The Hall–Kier alpha value is -0.640. The molecule has 0 unspecified atom stereocenters. The van der Waals surface area contributed by atoms with Gasteiger partial charge in [0.05, 0.1) is 0 Å². The molecule has 2 rings (SSSR count). The maximum atomic E-state index is 13.9. The molecule has 2 nitrogen and oxygen atoms in total. The van der Waals surface area contributed by atoms with E-state index in [-0.39, 0.29) is 5.82 Å². The molecule has 1 saturated carbocycles. The molecule has 0 atom stereocenters. The van der Waals surface area contributed by atoms with Crippen LogP contribution in [0, 0.1) is 5.82 Å². The molecule has 0 bridgehead atoms. The van der Waals surface area contributed by atoms with Crippen molar-refractivity contribution in [1.82, 2.24) is 4.90 Å². The maximum Gasteiger partial charge on any atom is 0.127 e. The largest absolute Gasteiger partial charge is 0.328 e. The van der Waals surface area contributed by atoms with Crippen LogP contribution in [0.5, 0.6) is 0 Å². The average Bonchev–Trinajstić information content (AvgIpc) is 2.43. The van der Waals surface area contributed by atoms with Crippen LogP contribution in [0.15, 0.2) is 18.2 Å². The van der Waals surface area contributed by atoms with Gasteiger partial charge in [0, 0.05) is 29.2 Å². The third-order valence-electron chi connectivity index (χ3n) is 4.15. The van der Waals surface area contributed by atoms with E-state index in [2.05, 4.69) is 11.8 Å². The number of nitrogens with two attached hydrogens (primary N) is 1. The summed E-state index contributed by atoms with van der Waals surface area (Å²) >= 11 is 5.98. The van der Waals surface area contributed by atoms with Gasteiger partial charge in [-0.1, -0.05) is 18.5 Å². The molecule has 4 heteroatoms. The number of nitrogens with zero attached hydrogens (tertiary/aromatic N) is 1. The first-order valence-electron chi connectivity index (χ1n) is 7.53. The van der Waals surface area contributed by atoms with Crippen molar-refractivity contribution >= 4 is 11.6 Å². The molecule has 20 heavy (non-hydrogen) atoms. The van der Waals surface area contributed by atoms with Gasteiger partial charge < -0.3 is 5.73 Å². The predicted octanol–water partition coefficient (Wildman–Crippen LogP) is 3.96. The van der Waals surface area contributed by atoms with Crippen molar-refractivity contribution in [2.75, 3.05) is 6.54 Å². The van der Waals surface area contributed by atoms with Crippen LogP contribution in [0.4, 0.5) is 4.39 Å². The summed E-state index contributed by atoms with van der Waals surface area (Å²) in [5, 5.41) is 0.600. The van der Waals surface area contributed by atoms with E-state index in [0.29, 0.717) is 29.2 Å². The first-order chi connectivity index (χ1) is 9.60. The Morgan fingerprint density at radius 1 is 1.30 bits per heavy atom. The molecule has 1 aromatic carbocycles. The van der Waals surface area contributed by atoms with Gasteiger partial charge in [0.15, 0.2) is 0 Å². The van der Waals surface area contributed by atoms with Crippen LogP contribution >= 0.6 is 11.6 Å². The van der Waals surface area contributed by atoms with Gasteiger partial charge in [0.25, 0.3) is 0 Å². The summed E-state index contributed by atoms with van der Waals surface area (Å²) < 4.78 is 13.9. The number of hydrogen-bond acceptors (Lipinski definition) is 2. The van der Waals surface area contributed by atoms with E-state index in [1.54, 1.807) is 12.1 Å². The van der Waals surface area contributed by atoms with Crippen LogP contribution in [0.1, 0.15) is 44.6 Å². The Kier molecular flexibility index (Phi) is 5.82. The second-order valence-corrected chi connectivity index (χ2v) is 6.21. The van der Waals surface area contributed by atoms with Crippen molar-refractivity contribution in [1.29, 1.82) is 0 Å². The Labute approximate surface area is 126 Å². The lowest BCUT2D eigenvalue weighted by Gasteiger charge is -2.36. The zero-order valence-corrected chi connectivity index (χ0v) is 12.9. The Balaban J connectivity index is 2.06. The average molecular weight is 299 g/mol. The zero-order valence-electron chi connectivity index (χ0n) is 12.1. The summed E-state index contributed by atoms with van der Waals surface area (Å²) in [6.45, 7) is 3.79. The molecule has 112 valence electrons. The minimum atomic E-state index is -0.164. The van der Waals surface area contributed by atoms with Crippen LogP contribution in [0.3, 0.4) is 0 Å². The smallest absolute Gasteiger partial charge is 0.127 e. The highest BCUT2D eigenvalue weighted by atomic mass is 35.5. The summed E-state index contributed by atoms with van der Waals surface area (Å²) in [5.74, 6) is -0.164.